The molecule has 0 aliphatic carbocycles. The monoisotopic (exact) mass is 269 g/mol. The standard InChI is InChI=1S/C15H21B2NO2/c1-14(2)15(3,4)20-17(19-14)12-8-6-7-11-9-10-16(5)18-13(11)12/h6-10,18H,1-5H3. The van der Waals surface area contributed by atoms with Gasteiger partial charge in [-0.25, -0.2) is 0 Å². The third-order valence-electron chi connectivity index (χ3n) is 4.57. The molecule has 2 aliphatic rings. The minimum absolute atomic E-state index is 0.309. The van der Waals surface area contributed by atoms with Crippen LogP contribution in [0.2, 0.25) is 6.82 Å². The average Bonchev–Trinajstić information content (AvgIpc) is 2.57. The molecular formula is C15H21B2NO2. The van der Waals surface area contributed by atoms with Crippen LogP contribution in [0.25, 0.3) is 6.08 Å². The van der Waals surface area contributed by atoms with Gasteiger partial charge in [-0.3, -0.25) is 0 Å². The summed E-state index contributed by atoms with van der Waals surface area (Å²) < 4.78 is 12.3. The Bertz CT molecular complexity index is 553. The molecule has 1 saturated heterocycles. The first kappa shape index (κ1) is 13.8. The van der Waals surface area contributed by atoms with Gasteiger partial charge in [0.1, 0.15) is 0 Å². The minimum Gasteiger partial charge on any atom is -0.424 e. The van der Waals surface area contributed by atoms with Crippen LogP contribution in [0.3, 0.4) is 0 Å². The molecule has 1 aromatic rings. The van der Waals surface area contributed by atoms with E-state index in [1.807, 2.05) is 0 Å². The highest BCUT2D eigenvalue weighted by Crippen LogP contribution is 2.37. The third-order valence-corrected chi connectivity index (χ3v) is 4.57. The fourth-order valence-electron chi connectivity index (χ4n) is 2.58. The second kappa shape index (κ2) is 4.40. The Hall–Kier alpha value is -1.19. The van der Waals surface area contributed by atoms with Crippen LogP contribution in [0.1, 0.15) is 33.3 Å². The maximum atomic E-state index is 6.17. The highest BCUT2D eigenvalue weighted by atomic mass is 16.7. The van der Waals surface area contributed by atoms with Gasteiger partial charge in [-0.2, -0.15) is 0 Å². The van der Waals surface area contributed by atoms with Crippen molar-refractivity contribution in [2.45, 2.75) is 45.7 Å². The Morgan fingerprint density at radius 1 is 1.05 bits per heavy atom. The van der Waals surface area contributed by atoms with Gasteiger partial charge in [-0.1, -0.05) is 37.1 Å². The summed E-state index contributed by atoms with van der Waals surface area (Å²) in [6, 6.07) is 6.25. The summed E-state index contributed by atoms with van der Waals surface area (Å²) in [5.74, 6) is 2.16. The van der Waals surface area contributed by atoms with Gasteiger partial charge in [-0.15, -0.1) is 0 Å². The number of benzene rings is 1. The van der Waals surface area contributed by atoms with Crippen molar-refractivity contribution in [3.8, 4) is 0 Å². The molecule has 3 nitrogen and oxygen atoms in total. The van der Waals surface area contributed by atoms with Crippen molar-refractivity contribution in [3.63, 3.8) is 0 Å². The van der Waals surface area contributed by atoms with E-state index < -0.39 is 0 Å². The van der Waals surface area contributed by atoms with Gasteiger partial charge < -0.3 is 14.5 Å². The van der Waals surface area contributed by atoms with Crippen molar-refractivity contribution in [1.82, 2.24) is 0 Å². The fourth-order valence-corrected chi connectivity index (χ4v) is 2.58. The first-order chi connectivity index (χ1) is 9.30. The minimum atomic E-state index is -0.318. The summed E-state index contributed by atoms with van der Waals surface area (Å²) in [4.78, 5) is 0. The molecule has 2 aliphatic heterocycles. The maximum Gasteiger partial charge on any atom is 0.496 e. The summed E-state index contributed by atoms with van der Waals surface area (Å²) >= 11 is 0. The molecule has 0 unspecified atom stereocenters. The van der Waals surface area contributed by atoms with Crippen LogP contribution in [-0.4, -0.2) is 25.2 Å². The lowest BCUT2D eigenvalue weighted by atomic mass is 9.61. The lowest BCUT2D eigenvalue weighted by molar-refractivity contribution is 0.00578. The number of anilines is 1. The van der Waals surface area contributed by atoms with Crippen LogP contribution in [-0.2, 0) is 9.31 Å². The molecule has 2 heterocycles. The summed E-state index contributed by atoms with van der Waals surface area (Å²) in [5, 5.41) is 3.51. The Balaban J connectivity index is 1.99. The SMILES string of the molecule is CB1C=Cc2cccc(B3OC(C)(C)C(C)(C)O3)c2N1. The summed E-state index contributed by atoms with van der Waals surface area (Å²) in [6.45, 7) is 10.8. The van der Waals surface area contributed by atoms with Gasteiger partial charge in [0.15, 0.2) is 0 Å². The Morgan fingerprint density at radius 2 is 1.70 bits per heavy atom. The van der Waals surface area contributed by atoms with Crippen LogP contribution in [0, 0.1) is 0 Å². The largest absolute Gasteiger partial charge is 0.496 e. The van der Waals surface area contributed by atoms with E-state index in [4.69, 9.17) is 9.31 Å². The van der Waals surface area contributed by atoms with Crippen LogP contribution in [0.15, 0.2) is 24.2 Å². The fraction of sp³-hybridized carbons (Fsp3) is 0.467. The lowest BCUT2D eigenvalue weighted by Gasteiger charge is -2.32. The second-order valence-corrected chi connectivity index (χ2v) is 6.69. The Morgan fingerprint density at radius 3 is 2.35 bits per heavy atom. The van der Waals surface area contributed by atoms with Crippen molar-refractivity contribution < 1.29 is 9.31 Å². The summed E-state index contributed by atoms with van der Waals surface area (Å²) in [7, 11) is -0.318. The molecular weight excluding hydrogens is 248 g/mol. The first-order valence-electron chi connectivity index (χ1n) is 7.23. The van der Waals surface area contributed by atoms with E-state index in [1.165, 1.54) is 5.56 Å². The molecule has 0 spiro atoms. The van der Waals surface area contributed by atoms with Crippen molar-refractivity contribution in [3.05, 3.63) is 29.7 Å². The van der Waals surface area contributed by atoms with E-state index in [9.17, 15) is 0 Å². The Labute approximate surface area is 122 Å². The molecule has 0 radical (unpaired) electrons. The molecule has 0 amide bonds. The van der Waals surface area contributed by atoms with Crippen LogP contribution >= 0.6 is 0 Å². The van der Waals surface area contributed by atoms with Gasteiger partial charge in [0, 0.05) is 11.2 Å². The molecule has 1 N–H and O–H groups in total. The quantitative estimate of drug-likeness (QED) is 0.795. The van der Waals surface area contributed by atoms with Crippen molar-refractivity contribution in [2.24, 2.45) is 0 Å². The highest BCUT2D eigenvalue weighted by molar-refractivity contribution is 6.70. The van der Waals surface area contributed by atoms with Crippen LogP contribution < -0.4 is 10.7 Å². The second-order valence-electron chi connectivity index (χ2n) is 6.69. The zero-order chi connectivity index (χ0) is 14.5. The van der Waals surface area contributed by atoms with E-state index in [1.54, 1.807) is 0 Å². The smallest absolute Gasteiger partial charge is 0.424 e. The Kier molecular flexibility index (Phi) is 3.03. The number of rotatable bonds is 1. The molecule has 0 atom stereocenters. The van der Waals surface area contributed by atoms with Crippen LogP contribution in [0.4, 0.5) is 5.69 Å². The predicted molar refractivity (Wildman–Crippen MR) is 86.4 cm³/mol. The zero-order valence-electron chi connectivity index (χ0n) is 12.9. The molecule has 104 valence electrons. The third kappa shape index (κ3) is 2.09. The average molecular weight is 269 g/mol. The highest BCUT2D eigenvalue weighted by Gasteiger charge is 2.52. The topological polar surface area (TPSA) is 30.5 Å². The van der Waals surface area contributed by atoms with Gasteiger partial charge >= 0.3 is 7.12 Å². The van der Waals surface area contributed by atoms with Gasteiger partial charge in [0.25, 0.3) is 6.85 Å². The normalized spacial score (nSPS) is 22.6. The molecule has 20 heavy (non-hydrogen) atoms. The van der Waals surface area contributed by atoms with E-state index in [0.29, 0.717) is 6.85 Å². The predicted octanol–water partition coefficient (Wildman–Crippen LogP) is 2.58. The number of hydrogen-bond donors (Lipinski definition) is 1. The molecule has 5 heteroatoms. The number of nitrogens with one attached hydrogen (secondary N) is 1. The molecule has 0 aromatic heterocycles. The number of para-hydroxylation sites is 1. The molecule has 0 saturated carbocycles. The van der Waals surface area contributed by atoms with Crippen molar-refractivity contribution in [1.29, 1.82) is 0 Å². The molecule has 1 aromatic carbocycles. The number of fused-ring (bicyclic) bond motifs is 1. The molecule has 0 bridgehead atoms. The molecule has 3 rings (SSSR count). The van der Waals surface area contributed by atoms with E-state index in [0.717, 1.165) is 11.2 Å². The lowest BCUT2D eigenvalue weighted by Crippen LogP contribution is -2.41. The summed E-state index contributed by atoms with van der Waals surface area (Å²) in [5.41, 5.74) is 2.78. The van der Waals surface area contributed by atoms with Crippen molar-refractivity contribution in [2.75, 3.05) is 5.23 Å². The van der Waals surface area contributed by atoms with Gasteiger partial charge in [-0.05, 0) is 33.3 Å². The zero-order valence-corrected chi connectivity index (χ0v) is 12.9. The van der Waals surface area contributed by atoms with E-state index in [2.05, 4.69) is 70.0 Å². The summed E-state index contributed by atoms with van der Waals surface area (Å²) in [6.07, 6.45) is 2.16. The molecule has 1 fully saturated rings. The van der Waals surface area contributed by atoms with E-state index >= 15 is 0 Å². The number of hydrogen-bond acceptors (Lipinski definition) is 3. The first-order valence-corrected chi connectivity index (χ1v) is 7.23. The maximum absolute atomic E-state index is 6.17. The van der Waals surface area contributed by atoms with E-state index in [-0.39, 0.29) is 18.3 Å². The van der Waals surface area contributed by atoms with Gasteiger partial charge in [0.2, 0.25) is 0 Å². The van der Waals surface area contributed by atoms with Gasteiger partial charge in [0.05, 0.1) is 11.2 Å². The van der Waals surface area contributed by atoms with Crippen molar-refractivity contribution >= 4 is 31.2 Å². The van der Waals surface area contributed by atoms with Crippen LogP contribution in [0.5, 0.6) is 0 Å².